The van der Waals surface area contributed by atoms with Crippen LogP contribution in [-0.2, 0) is 16.0 Å². The molecule has 8 heteroatoms. The molecule has 1 aliphatic carbocycles. The van der Waals surface area contributed by atoms with Gasteiger partial charge in [-0.2, -0.15) is 0 Å². The molecule has 0 spiro atoms. The van der Waals surface area contributed by atoms with Crippen LogP contribution < -0.4 is 10.9 Å². The van der Waals surface area contributed by atoms with Gasteiger partial charge >= 0.3 is 0 Å². The smallest absolute Gasteiger partial charge is 0.293 e. The first-order valence-electron chi connectivity index (χ1n) is 10.7. The van der Waals surface area contributed by atoms with Crippen LogP contribution in [0.1, 0.15) is 44.6 Å². The highest BCUT2D eigenvalue weighted by Crippen LogP contribution is 2.24. The highest BCUT2D eigenvalue weighted by Gasteiger charge is 2.21. The van der Waals surface area contributed by atoms with Crippen molar-refractivity contribution in [2.24, 2.45) is 4.99 Å². The first-order valence-corrected chi connectivity index (χ1v) is 10.7. The first-order chi connectivity index (χ1) is 14.7. The lowest BCUT2D eigenvalue weighted by atomic mass is 9.93. The molecule has 30 heavy (non-hydrogen) atoms. The molecule has 4 rings (SSSR count). The van der Waals surface area contributed by atoms with Crippen molar-refractivity contribution in [3.8, 4) is 0 Å². The normalized spacial score (nSPS) is 19.0. The summed E-state index contributed by atoms with van der Waals surface area (Å²) in [4.78, 5) is 26.7. The average Bonchev–Trinajstić information content (AvgIpc) is 2.75. The Balaban J connectivity index is 1.69. The summed E-state index contributed by atoms with van der Waals surface area (Å²) in [5.41, 5.74) is 3.01. The van der Waals surface area contributed by atoms with Crippen molar-refractivity contribution in [2.75, 3.05) is 25.6 Å². The molecule has 1 atom stereocenters. The molecule has 8 nitrogen and oxygen atoms in total. The van der Waals surface area contributed by atoms with E-state index in [0.29, 0.717) is 49.2 Å². The summed E-state index contributed by atoms with van der Waals surface area (Å²) in [5.74, 6) is 0.379. The SMILES string of the molecule is CCCOCCn1c(=O)c(NC2CCC2)nc2ncc(C3=CCC(OC)N=C3)cc21. The summed E-state index contributed by atoms with van der Waals surface area (Å²) in [5, 5.41) is 3.30. The van der Waals surface area contributed by atoms with E-state index in [4.69, 9.17) is 9.47 Å². The Morgan fingerprint density at radius 3 is 2.83 bits per heavy atom. The van der Waals surface area contributed by atoms with Gasteiger partial charge in [0.2, 0.25) is 0 Å². The van der Waals surface area contributed by atoms with Crippen molar-refractivity contribution in [1.29, 1.82) is 0 Å². The zero-order valence-electron chi connectivity index (χ0n) is 17.6. The predicted molar refractivity (Wildman–Crippen MR) is 118 cm³/mol. The third kappa shape index (κ3) is 4.44. The molecule has 0 amide bonds. The van der Waals surface area contributed by atoms with Gasteiger partial charge in [0.25, 0.3) is 5.56 Å². The minimum absolute atomic E-state index is 0.126. The molecule has 0 bridgehead atoms. The zero-order valence-corrected chi connectivity index (χ0v) is 17.6. The van der Waals surface area contributed by atoms with Crippen LogP contribution >= 0.6 is 0 Å². The van der Waals surface area contributed by atoms with Gasteiger partial charge in [-0.1, -0.05) is 13.0 Å². The maximum absolute atomic E-state index is 13.2. The van der Waals surface area contributed by atoms with E-state index in [9.17, 15) is 4.79 Å². The molecule has 2 aromatic rings. The number of nitrogens with one attached hydrogen (secondary N) is 1. The van der Waals surface area contributed by atoms with Gasteiger partial charge in [-0.25, -0.2) is 9.97 Å². The summed E-state index contributed by atoms with van der Waals surface area (Å²) in [6, 6.07) is 2.29. The molecule has 160 valence electrons. The van der Waals surface area contributed by atoms with E-state index in [2.05, 4.69) is 33.3 Å². The van der Waals surface area contributed by atoms with Crippen molar-refractivity contribution in [1.82, 2.24) is 14.5 Å². The molecule has 0 radical (unpaired) electrons. The number of rotatable bonds is 9. The van der Waals surface area contributed by atoms with Crippen molar-refractivity contribution in [2.45, 2.75) is 57.8 Å². The van der Waals surface area contributed by atoms with Gasteiger partial charge in [0.05, 0.1) is 12.1 Å². The van der Waals surface area contributed by atoms with Crippen LogP contribution in [0.5, 0.6) is 0 Å². The van der Waals surface area contributed by atoms with Crippen LogP contribution in [0.2, 0.25) is 0 Å². The maximum Gasteiger partial charge on any atom is 0.293 e. The summed E-state index contributed by atoms with van der Waals surface area (Å²) in [7, 11) is 1.65. The lowest BCUT2D eigenvalue weighted by Gasteiger charge is -2.27. The number of ether oxygens (including phenoxy) is 2. The number of dihydropyridines is 1. The van der Waals surface area contributed by atoms with Crippen LogP contribution in [0.4, 0.5) is 5.82 Å². The third-order valence-corrected chi connectivity index (χ3v) is 5.58. The Kier molecular flexibility index (Phi) is 6.54. The number of aromatic nitrogens is 3. The third-order valence-electron chi connectivity index (χ3n) is 5.58. The first kappa shape index (κ1) is 20.7. The number of methoxy groups -OCH3 is 1. The van der Waals surface area contributed by atoms with Crippen molar-refractivity contribution in [3.63, 3.8) is 0 Å². The molecule has 1 fully saturated rings. The largest absolute Gasteiger partial charge is 0.380 e. The Morgan fingerprint density at radius 2 is 2.17 bits per heavy atom. The molecule has 1 unspecified atom stereocenters. The summed E-state index contributed by atoms with van der Waals surface area (Å²) in [6.07, 6.45) is 10.5. The van der Waals surface area contributed by atoms with E-state index in [1.54, 1.807) is 24.1 Å². The molecule has 0 saturated heterocycles. The minimum Gasteiger partial charge on any atom is -0.380 e. The number of anilines is 1. The Labute approximate surface area is 176 Å². The van der Waals surface area contributed by atoms with Crippen LogP contribution in [0.3, 0.4) is 0 Å². The van der Waals surface area contributed by atoms with Crippen molar-refractivity contribution < 1.29 is 9.47 Å². The van der Waals surface area contributed by atoms with E-state index in [-0.39, 0.29) is 11.8 Å². The molecular formula is C22H29N5O3. The lowest BCUT2D eigenvalue weighted by molar-refractivity contribution is 0.113. The standard InChI is InChI=1S/C22H29N5O3/c1-3-10-30-11-9-27-18-12-16(15-7-8-19(29-2)23-13-15)14-24-20(18)26-21(22(27)28)25-17-5-4-6-17/h7,12-14,17,19H,3-6,8-11H2,1-2H3,(H,24,25,26). The highest BCUT2D eigenvalue weighted by atomic mass is 16.5. The predicted octanol–water partition coefficient (Wildman–Crippen LogP) is 3.01. The second-order valence-electron chi connectivity index (χ2n) is 7.73. The van der Waals surface area contributed by atoms with Gasteiger partial charge in [0.15, 0.2) is 17.7 Å². The van der Waals surface area contributed by atoms with Gasteiger partial charge in [0, 0.05) is 50.7 Å². The van der Waals surface area contributed by atoms with Crippen molar-refractivity contribution in [3.05, 3.63) is 34.3 Å². The van der Waals surface area contributed by atoms with Gasteiger partial charge in [-0.3, -0.25) is 14.4 Å². The number of hydrogen-bond acceptors (Lipinski definition) is 7. The van der Waals surface area contributed by atoms with Crippen molar-refractivity contribution >= 4 is 28.8 Å². The van der Waals surface area contributed by atoms with Crippen LogP contribution in [0.15, 0.2) is 28.1 Å². The average molecular weight is 412 g/mol. The fourth-order valence-corrected chi connectivity index (χ4v) is 3.60. The second kappa shape index (κ2) is 9.49. The number of hydrogen-bond donors (Lipinski definition) is 1. The quantitative estimate of drug-likeness (QED) is 0.638. The fraction of sp³-hybridized carbons (Fsp3) is 0.545. The number of allylic oxidation sites excluding steroid dienone is 1. The topological polar surface area (TPSA) is 90.6 Å². The molecule has 2 aliphatic rings. The Hall–Kier alpha value is -2.58. The Bertz CT molecular complexity index is 1010. The molecule has 2 aromatic heterocycles. The molecule has 1 aliphatic heterocycles. The van der Waals surface area contributed by atoms with E-state index >= 15 is 0 Å². The van der Waals surface area contributed by atoms with Crippen LogP contribution in [-0.4, -0.2) is 53.3 Å². The number of nitrogens with zero attached hydrogens (tertiary/aromatic N) is 4. The molecule has 3 heterocycles. The van der Waals surface area contributed by atoms with E-state index in [0.717, 1.165) is 30.4 Å². The number of aliphatic imine (C=N–C) groups is 1. The van der Waals surface area contributed by atoms with Gasteiger partial charge in [-0.05, 0) is 37.3 Å². The maximum atomic E-state index is 13.2. The van der Waals surface area contributed by atoms with Gasteiger partial charge in [0.1, 0.15) is 0 Å². The second-order valence-corrected chi connectivity index (χ2v) is 7.73. The molecule has 1 N–H and O–H groups in total. The van der Waals surface area contributed by atoms with E-state index in [1.165, 1.54) is 6.42 Å². The summed E-state index contributed by atoms with van der Waals surface area (Å²) in [6.45, 7) is 3.68. The van der Waals surface area contributed by atoms with Crippen LogP contribution in [0.25, 0.3) is 16.7 Å². The van der Waals surface area contributed by atoms with Crippen LogP contribution in [0, 0.1) is 0 Å². The van der Waals surface area contributed by atoms with E-state index in [1.807, 2.05) is 6.07 Å². The summed E-state index contributed by atoms with van der Waals surface area (Å²) < 4.78 is 12.6. The molecule has 1 saturated carbocycles. The van der Waals surface area contributed by atoms with Gasteiger partial charge < -0.3 is 14.8 Å². The molecular weight excluding hydrogens is 382 g/mol. The fourth-order valence-electron chi connectivity index (χ4n) is 3.60. The van der Waals surface area contributed by atoms with E-state index < -0.39 is 0 Å². The Morgan fingerprint density at radius 1 is 1.30 bits per heavy atom. The molecule has 0 aromatic carbocycles. The lowest BCUT2D eigenvalue weighted by Crippen LogP contribution is -2.34. The number of fused-ring (bicyclic) bond motifs is 1. The number of pyridine rings is 1. The monoisotopic (exact) mass is 411 g/mol. The summed E-state index contributed by atoms with van der Waals surface area (Å²) >= 11 is 0. The van der Waals surface area contributed by atoms with Gasteiger partial charge in [-0.15, -0.1) is 0 Å². The highest BCUT2D eigenvalue weighted by molar-refractivity contribution is 6.10. The zero-order chi connectivity index (χ0) is 20.9. The minimum atomic E-state index is -0.141.